The lowest BCUT2D eigenvalue weighted by Crippen LogP contribution is -2.29. The molecule has 0 radical (unpaired) electrons. The second-order valence-electron chi connectivity index (χ2n) is 4.03. The Balaban J connectivity index is 1.73. The first-order chi connectivity index (χ1) is 9.13. The van der Waals surface area contributed by atoms with E-state index in [-0.39, 0.29) is 24.2 Å². The van der Waals surface area contributed by atoms with E-state index in [9.17, 15) is 9.18 Å². The van der Waals surface area contributed by atoms with Gasteiger partial charge in [-0.1, -0.05) is 12.1 Å². The van der Waals surface area contributed by atoms with E-state index >= 15 is 0 Å². The molecule has 0 aliphatic rings. The first kappa shape index (κ1) is 13.0. The minimum atomic E-state index is -0.267. The average molecular weight is 263 g/mol. The van der Waals surface area contributed by atoms with E-state index in [1.807, 2.05) is 0 Å². The van der Waals surface area contributed by atoms with Crippen LogP contribution in [0.2, 0.25) is 0 Å². The number of nitrogen functional groups attached to an aromatic ring is 1. The summed E-state index contributed by atoms with van der Waals surface area (Å²) in [5.74, 6) is -0.303. The lowest BCUT2D eigenvalue weighted by atomic mass is 10.1. The fourth-order valence-electron chi connectivity index (χ4n) is 1.59. The van der Waals surface area contributed by atoms with E-state index in [0.29, 0.717) is 13.0 Å². The molecular weight excluding hydrogens is 249 g/mol. The van der Waals surface area contributed by atoms with Crippen LogP contribution in [0.3, 0.4) is 0 Å². The quantitative estimate of drug-likeness (QED) is 0.815. The summed E-state index contributed by atoms with van der Waals surface area (Å²) < 4.78 is 14.0. The highest BCUT2D eigenvalue weighted by atomic mass is 19.1. The van der Waals surface area contributed by atoms with E-state index in [2.05, 4.69) is 15.4 Å². The van der Waals surface area contributed by atoms with Crippen molar-refractivity contribution >= 4 is 11.9 Å². The minimum absolute atomic E-state index is 0.0770. The van der Waals surface area contributed by atoms with Gasteiger partial charge < -0.3 is 11.1 Å². The molecule has 7 heteroatoms. The van der Waals surface area contributed by atoms with Crippen molar-refractivity contribution in [3.05, 3.63) is 42.0 Å². The van der Waals surface area contributed by atoms with Gasteiger partial charge in [-0.15, -0.1) is 5.10 Å². The standard InChI is InChI=1S/C12H14FN5O/c13-10-3-1-9(2-4-10)5-6-15-11(19)7-18-8-16-12(14)17-18/h1-4,8H,5-7H2,(H2,14,17)(H,15,19). The van der Waals surface area contributed by atoms with Gasteiger partial charge in [0.1, 0.15) is 18.7 Å². The molecule has 0 aliphatic heterocycles. The van der Waals surface area contributed by atoms with E-state index in [1.54, 1.807) is 12.1 Å². The molecule has 0 saturated carbocycles. The summed E-state index contributed by atoms with van der Waals surface area (Å²) in [6.07, 6.45) is 2.04. The normalized spacial score (nSPS) is 10.4. The number of hydrogen-bond acceptors (Lipinski definition) is 4. The summed E-state index contributed by atoms with van der Waals surface area (Å²) in [6.45, 7) is 0.558. The lowest BCUT2D eigenvalue weighted by Gasteiger charge is -2.05. The van der Waals surface area contributed by atoms with Gasteiger partial charge in [0.05, 0.1) is 0 Å². The summed E-state index contributed by atoms with van der Waals surface area (Å²) in [5.41, 5.74) is 6.30. The second kappa shape index (κ2) is 5.94. The molecule has 0 aliphatic carbocycles. The van der Waals surface area contributed by atoms with Gasteiger partial charge in [0.25, 0.3) is 0 Å². The Bertz CT molecular complexity index is 552. The fraction of sp³-hybridized carbons (Fsp3) is 0.250. The molecule has 0 saturated heterocycles. The zero-order chi connectivity index (χ0) is 13.7. The Hall–Kier alpha value is -2.44. The number of carbonyl (C=O) groups is 1. The highest BCUT2D eigenvalue weighted by Crippen LogP contribution is 2.02. The molecule has 2 aromatic rings. The topological polar surface area (TPSA) is 85.8 Å². The Morgan fingerprint density at radius 2 is 2.11 bits per heavy atom. The lowest BCUT2D eigenvalue weighted by molar-refractivity contribution is -0.121. The Morgan fingerprint density at radius 3 is 2.74 bits per heavy atom. The minimum Gasteiger partial charge on any atom is -0.367 e. The van der Waals surface area contributed by atoms with Gasteiger partial charge in [0.15, 0.2) is 0 Å². The molecule has 19 heavy (non-hydrogen) atoms. The summed E-state index contributed by atoms with van der Waals surface area (Å²) >= 11 is 0. The van der Waals surface area contributed by atoms with Gasteiger partial charge in [-0.05, 0) is 24.1 Å². The number of amides is 1. The van der Waals surface area contributed by atoms with Crippen molar-refractivity contribution in [2.75, 3.05) is 12.3 Å². The fourth-order valence-corrected chi connectivity index (χ4v) is 1.59. The summed E-state index contributed by atoms with van der Waals surface area (Å²) in [6, 6.07) is 6.18. The molecule has 100 valence electrons. The van der Waals surface area contributed by atoms with E-state index in [0.717, 1.165) is 5.56 Å². The number of nitrogens with zero attached hydrogens (tertiary/aromatic N) is 3. The van der Waals surface area contributed by atoms with Crippen LogP contribution in [-0.4, -0.2) is 27.2 Å². The van der Waals surface area contributed by atoms with Crippen LogP contribution in [0.1, 0.15) is 5.56 Å². The van der Waals surface area contributed by atoms with Crippen LogP contribution in [0.15, 0.2) is 30.6 Å². The Labute approximate surface area is 109 Å². The number of rotatable bonds is 5. The number of nitrogens with one attached hydrogen (secondary N) is 1. The zero-order valence-electron chi connectivity index (χ0n) is 10.2. The van der Waals surface area contributed by atoms with Gasteiger partial charge in [-0.2, -0.15) is 0 Å². The number of halogens is 1. The highest BCUT2D eigenvalue weighted by Gasteiger charge is 2.04. The van der Waals surface area contributed by atoms with Crippen molar-refractivity contribution < 1.29 is 9.18 Å². The molecule has 1 aromatic carbocycles. The van der Waals surface area contributed by atoms with Crippen molar-refractivity contribution in [3.63, 3.8) is 0 Å². The third-order valence-electron chi connectivity index (χ3n) is 2.51. The van der Waals surface area contributed by atoms with Crippen LogP contribution in [0.25, 0.3) is 0 Å². The molecule has 6 nitrogen and oxygen atoms in total. The van der Waals surface area contributed by atoms with Gasteiger partial charge in [0.2, 0.25) is 11.9 Å². The van der Waals surface area contributed by atoms with Crippen LogP contribution in [0.4, 0.5) is 10.3 Å². The van der Waals surface area contributed by atoms with E-state index in [4.69, 9.17) is 5.73 Å². The van der Waals surface area contributed by atoms with E-state index in [1.165, 1.54) is 23.1 Å². The van der Waals surface area contributed by atoms with Crippen molar-refractivity contribution in [1.82, 2.24) is 20.1 Å². The van der Waals surface area contributed by atoms with Crippen LogP contribution < -0.4 is 11.1 Å². The predicted octanol–water partition coefficient (Wildman–Crippen LogP) is 0.358. The second-order valence-corrected chi connectivity index (χ2v) is 4.03. The number of benzene rings is 1. The Kier molecular flexibility index (Phi) is 4.07. The molecule has 1 amide bonds. The maximum absolute atomic E-state index is 12.7. The molecule has 0 fully saturated rings. The van der Waals surface area contributed by atoms with Crippen LogP contribution in [0, 0.1) is 5.82 Å². The molecule has 0 unspecified atom stereocenters. The molecule has 1 aromatic heterocycles. The van der Waals surface area contributed by atoms with Crippen LogP contribution in [0.5, 0.6) is 0 Å². The van der Waals surface area contributed by atoms with Gasteiger partial charge >= 0.3 is 0 Å². The summed E-state index contributed by atoms with van der Waals surface area (Å²) in [7, 11) is 0. The van der Waals surface area contributed by atoms with Crippen molar-refractivity contribution in [1.29, 1.82) is 0 Å². The predicted molar refractivity (Wildman–Crippen MR) is 67.5 cm³/mol. The monoisotopic (exact) mass is 263 g/mol. The van der Waals surface area contributed by atoms with Crippen molar-refractivity contribution in [2.24, 2.45) is 0 Å². The first-order valence-electron chi connectivity index (χ1n) is 5.79. The number of anilines is 1. The first-order valence-corrected chi connectivity index (χ1v) is 5.79. The summed E-state index contributed by atoms with van der Waals surface area (Å²) in [4.78, 5) is 15.3. The van der Waals surface area contributed by atoms with Crippen LogP contribution >= 0.6 is 0 Å². The number of carbonyl (C=O) groups excluding carboxylic acids is 1. The SMILES string of the molecule is Nc1ncn(CC(=O)NCCc2ccc(F)cc2)n1. The van der Waals surface area contributed by atoms with Crippen molar-refractivity contribution in [3.8, 4) is 0 Å². The molecule has 2 rings (SSSR count). The number of aromatic nitrogens is 3. The molecular formula is C12H14FN5O. The molecule has 0 bridgehead atoms. The molecule has 0 spiro atoms. The summed E-state index contributed by atoms with van der Waals surface area (Å²) in [5, 5.41) is 6.55. The highest BCUT2D eigenvalue weighted by molar-refractivity contribution is 5.75. The third kappa shape index (κ3) is 4.06. The average Bonchev–Trinajstić information content (AvgIpc) is 2.77. The molecule has 1 heterocycles. The van der Waals surface area contributed by atoms with Gasteiger partial charge in [0, 0.05) is 6.54 Å². The van der Waals surface area contributed by atoms with Gasteiger partial charge in [-0.25, -0.2) is 14.1 Å². The molecule has 3 N–H and O–H groups in total. The maximum Gasteiger partial charge on any atom is 0.241 e. The zero-order valence-corrected chi connectivity index (χ0v) is 10.2. The molecule has 0 atom stereocenters. The maximum atomic E-state index is 12.7. The van der Waals surface area contributed by atoms with Gasteiger partial charge in [-0.3, -0.25) is 4.79 Å². The number of nitrogens with two attached hydrogens (primary N) is 1. The largest absolute Gasteiger partial charge is 0.367 e. The van der Waals surface area contributed by atoms with Crippen molar-refractivity contribution in [2.45, 2.75) is 13.0 Å². The Morgan fingerprint density at radius 1 is 1.37 bits per heavy atom. The third-order valence-corrected chi connectivity index (χ3v) is 2.51. The number of hydrogen-bond donors (Lipinski definition) is 2. The van der Waals surface area contributed by atoms with Crippen LogP contribution in [-0.2, 0) is 17.8 Å². The van der Waals surface area contributed by atoms with E-state index < -0.39 is 0 Å². The smallest absolute Gasteiger partial charge is 0.241 e.